The van der Waals surface area contributed by atoms with Crippen LogP contribution in [0.2, 0.25) is 0 Å². The summed E-state index contributed by atoms with van der Waals surface area (Å²) in [6.45, 7) is 4.80. The maximum absolute atomic E-state index is 2.49. The van der Waals surface area contributed by atoms with Crippen molar-refractivity contribution in [3.05, 3.63) is 157 Å². The Labute approximate surface area is 251 Å². The van der Waals surface area contributed by atoms with Crippen LogP contribution in [0, 0.1) is 0 Å². The maximum Gasteiger partial charge on any atom is 0.0159 e. The van der Waals surface area contributed by atoms with E-state index < -0.39 is 0 Å². The van der Waals surface area contributed by atoms with E-state index in [2.05, 4.69) is 159 Å². The Bertz CT molecular complexity index is 2410. The molecule has 0 amide bonds. The van der Waals surface area contributed by atoms with Crippen LogP contribution >= 0.6 is 0 Å². The van der Waals surface area contributed by atoms with Gasteiger partial charge in [-0.1, -0.05) is 141 Å². The van der Waals surface area contributed by atoms with Crippen LogP contribution in [0.1, 0.15) is 25.0 Å². The molecule has 0 heterocycles. The summed E-state index contributed by atoms with van der Waals surface area (Å²) >= 11 is 0. The van der Waals surface area contributed by atoms with E-state index in [0.717, 1.165) is 0 Å². The van der Waals surface area contributed by atoms with Crippen molar-refractivity contribution < 1.29 is 0 Å². The molecule has 0 nitrogen and oxygen atoms in total. The molecular weight excluding hydrogens is 516 g/mol. The molecule has 0 aromatic heterocycles. The lowest BCUT2D eigenvalue weighted by Gasteiger charge is -2.23. The molecule has 0 fully saturated rings. The second kappa shape index (κ2) is 8.90. The van der Waals surface area contributed by atoms with Crippen LogP contribution < -0.4 is 0 Å². The summed E-state index contributed by atoms with van der Waals surface area (Å²) in [6.07, 6.45) is 0. The SMILES string of the molecule is CC1(C)c2cc(-c3c4ccccc4cc4c3ccc3ccccc34)ccc2-c2c1cc1ccccc1c2-c1ccccc1. The van der Waals surface area contributed by atoms with Crippen LogP contribution in [0.3, 0.4) is 0 Å². The maximum atomic E-state index is 2.49. The van der Waals surface area contributed by atoms with E-state index in [1.54, 1.807) is 0 Å². The highest BCUT2D eigenvalue weighted by Gasteiger charge is 2.38. The van der Waals surface area contributed by atoms with E-state index in [1.807, 2.05) is 0 Å². The van der Waals surface area contributed by atoms with Gasteiger partial charge < -0.3 is 0 Å². The molecule has 0 heteroatoms. The molecule has 0 unspecified atom stereocenters. The monoisotopic (exact) mass is 546 g/mol. The second-order valence-electron chi connectivity index (χ2n) is 12.5. The summed E-state index contributed by atoms with van der Waals surface area (Å²) in [4.78, 5) is 0. The van der Waals surface area contributed by atoms with Crippen LogP contribution in [0.25, 0.3) is 76.5 Å². The molecule has 8 aromatic rings. The first-order valence-electron chi connectivity index (χ1n) is 15.2. The number of rotatable bonds is 2. The van der Waals surface area contributed by atoms with Gasteiger partial charge >= 0.3 is 0 Å². The van der Waals surface area contributed by atoms with Crippen molar-refractivity contribution in [1.82, 2.24) is 0 Å². The lowest BCUT2D eigenvalue weighted by atomic mass is 9.79. The van der Waals surface area contributed by atoms with Gasteiger partial charge in [0.15, 0.2) is 0 Å². The summed E-state index contributed by atoms with van der Waals surface area (Å²) in [5.74, 6) is 0. The fraction of sp³-hybridized carbons (Fsp3) is 0.0698. The first-order valence-corrected chi connectivity index (χ1v) is 15.2. The van der Waals surface area contributed by atoms with Gasteiger partial charge in [-0.15, -0.1) is 0 Å². The average molecular weight is 547 g/mol. The van der Waals surface area contributed by atoms with Gasteiger partial charge in [0, 0.05) is 5.41 Å². The van der Waals surface area contributed by atoms with E-state index in [9.17, 15) is 0 Å². The Morgan fingerprint density at radius 1 is 0.349 bits per heavy atom. The molecule has 0 N–H and O–H groups in total. The van der Waals surface area contributed by atoms with E-state index in [0.29, 0.717) is 0 Å². The third-order valence-corrected chi connectivity index (χ3v) is 9.81. The molecule has 0 bridgehead atoms. The molecule has 43 heavy (non-hydrogen) atoms. The van der Waals surface area contributed by atoms with Crippen LogP contribution in [-0.2, 0) is 5.41 Å². The van der Waals surface area contributed by atoms with E-state index >= 15 is 0 Å². The zero-order valence-electron chi connectivity index (χ0n) is 24.4. The molecular formula is C43H30. The van der Waals surface area contributed by atoms with Gasteiger partial charge in [0.25, 0.3) is 0 Å². The van der Waals surface area contributed by atoms with Crippen molar-refractivity contribution in [3.63, 3.8) is 0 Å². The third-order valence-electron chi connectivity index (χ3n) is 9.81. The Hall–Kier alpha value is -5.20. The first kappa shape index (κ1) is 24.4. The highest BCUT2D eigenvalue weighted by molar-refractivity contribution is 6.20. The summed E-state index contributed by atoms with van der Waals surface area (Å²) in [7, 11) is 0. The number of hydrogen-bond acceptors (Lipinski definition) is 0. The van der Waals surface area contributed by atoms with Crippen LogP contribution in [0.4, 0.5) is 0 Å². The van der Waals surface area contributed by atoms with Crippen LogP contribution in [0.5, 0.6) is 0 Å². The van der Waals surface area contributed by atoms with Crippen molar-refractivity contribution in [3.8, 4) is 33.4 Å². The quantitative estimate of drug-likeness (QED) is 0.149. The number of hydrogen-bond donors (Lipinski definition) is 0. The minimum absolute atomic E-state index is 0.138. The Kier molecular flexibility index (Phi) is 5.05. The minimum Gasteiger partial charge on any atom is -0.0622 e. The van der Waals surface area contributed by atoms with Crippen LogP contribution in [0.15, 0.2) is 146 Å². The lowest BCUT2D eigenvalue weighted by molar-refractivity contribution is 0.661. The molecule has 8 aromatic carbocycles. The number of fused-ring (bicyclic) bond motifs is 8. The topological polar surface area (TPSA) is 0 Å². The summed E-state index contributed by atoms with van der Waals surface area (Å²) < 4.78 is 0. The number of benzene rings is 8. The van der Waals surface area contributed by atoms with Gasteiger partial charge in [-0.25, -0.2) is 0 Å². The van der Waals surface area contributed by atoms with Gasteiger partial charge in [0.1, 0.15) is 0 Å². The highest BCUT2D eigenvalue weighted by Crippen LogP contribution is 2.55. The Morgan fingerprint density at radius 2 is 0.977 bits per heavy atom. The molecule has 0 aliphatic heterocycles. The van der Waals surface area contributed by atoms with E-state index in [1.165, 1.54) is 87.6 Å². The van der Waals surface area contributed by atoms with Crippen LogP contribution in [-0.4, -0.2) is 0 Å². The molecule has 0 radical (unpaired) electrons. The van der Waals surface area contributed by atoms with Gasteiger partial charge in [0.05, 0.1) is 0 Å². The minimum atomic E-state index is -0.138. The Balaban J connectivity index is 1.36. The molecule has 0 saturated heterocycles. The largest absolute Gasteiger partial charge is 0.0622 e. The van der Waals surface area contributed by atoms with Crippen molar-refractivity contribution in [1.29, 1.82) is 0 Å². The van der Waals surface area contributed by atoms with Gasteiger partial charge in [-0.3, -0.25) is 0 Å². The van der Waals surface area contributed by atoms with Gasteiger partial charge in [-0.2, -0.15) is 0 Å². The lowest BCUT2D eigenvalue weighted by Crippen LogP contribution is -2.15. The first-order chi connectivity index (χ1) is 21.1. The van der Waals surface area contributed by atoms with Crippen molar-refractivity contribution in [2.24, 2.45) is 0 Å². The second-order valence-corrected chi connectivity index (χ2v) is 12.5. The molecule has 9 rings (SSSR count). The predicted molar refractivity (Wildman–Crippen MR) is 185 cm³/mol. The molecule has 202 valence electrons. The van der Waals surface area contributed by atoms with Gasteiger partial charge in [-0.05, 0) is 106 Å². The molecule has 0 atom stereocenters. The highest BCUT2D eigenvalue weighted by atomic mass is 14.4. The fourth-order valence-electron chi connectivity index (χ4n) is 7.74. The predicted octanol–water partition coefficient (Wildman–Crippen LogP) is 11.9. The molecule has 0 spiro atoms. The summed E-state index contributed by atoms with van der Waals surface area (Å²) in [6, 6.07) is 54.1. The smallest absolute Gasteiger partial charge is 0.0159 e. The zero-order valence-corrected chi connectivity index (χ0v) is 24.4. The van der Waals surface area contributed by atoms with Crippen molar-refractivity contribution in [2.75, 3.05) is 0 Å². The van der Waals surface area contributed by atoms with E-state index in [-0.39, 0.29) is 5.41 Å². The zero-order chi connectivity index (χ0) is 28.7. The summed E-state index contributed by atoms with van der Waals surface area (Å²) in [5, 5.41) is 10.4. The summed E-state index contributed by atoms with van der Waals surface area (Å²) in [5.41, 5.74) is 10.6. The van der Waals surface area contributed by atoms with Crippen molar-refractivity contribution >= 4 is 43.1 Å². The molecule has 0 saturated carbocycles. The normalized spacial score (nSPS) is 13.5. The average Bonchev–Trinajstić information content (AvgIpc) is 3.28. The van der Waals surface area contributed by atoms with E-state index in [4.69, 9.17) is 0 Å². The molecule has 1 aliphatic carbocycles. The standard InChI is InChI=1S/C43H30/c1-43(2)38-26-31(40-33-18-10-7-15-29(33)24-37-32-17-9-6-12-27(32)20-22-35(37)40)21-23-36(38)42-39(43)25-30-16-8-11-19-34(30)41(42)28-13-4-3-5-14-28/h3-26H,1-2H3. The van der Waals surface area contributed by atoms with Gasteiger partial charge in [0.2, 0.25) is 0 Å². The Morgan fingerprint density at radius 3 is 1.74 bits per heavy atom. The molecule has 1 aliphatic rings. The third kappa shape index (κ3) is 3.44. The fourth-order valence-corrected chi connectivity index (χ4v) is 7.74. The van der Waals surface area contributed by atoms with Crippen molar-refractivity contribution in [2.45, 2.75) is 19.3 Å².